The van der Waals surface area contributed by atoms with Crippen LogP contribution in [0.2, 0.25) is 0 Å². The third-order valence-corrected chi connectivity index (χ3v) is 2.78. The fraction of sp³-hybridized carbons (Fsp3) is 0.133. The fourth-order valence-electron chi connectivity index (χ4n) is 1.62. The van der Waals surface area contributed by atoms with E-state index in [0.717, 1.165) is 11.1 Å². The first kappa shape index (κ1) is 11.4. The molecule has 0 bridgehead atoms. The summed E-state index contributed by atoms with van der Waals surface area (Å²) in [5, 5.41) is 0. The van der Waals surface area contributed by atoms with Crippen molar-refractivity contribution in [1.29, 1.82) is 0 Å². The molecular weight excluding hydrogens is 212 g/mol. The summed E-state index contributed by atoms with van der Waals surface area (Å²) in [6.07, 6.45) is 0. The van der Waals surface area contributed by atoms with Crippen LogP contribution in [0.4, 0.5) is 0 Å². The third kappa shape index (κ3) is 2.53. The number of aryl methyl sites for hydroxylation is 1. The van der Waals surface area contributed by atoms with Gasteiger partial charge in [-0.15, -0.1) is 0 Å². The monoisotopic (exact) mass is 226 g/mol. The number of esters is 1. The Hall–Kier alpha value is -2.09. The lowest BCUT2D eigenvalue weighted by molar-refractivity contribution is 0.0734. The number of para-hydroxylation sites is 1. The first-order valence-corrected chi connectivity index (χ1v) is 5.52. The molecular formula is C15H14O2. The van der Waals surface area contributed by atoms with E-state index in [1.165, 1.54) is 0 Å². The quantitative estimate of drug-likeness (QED) is 0.578. The Labute approximate surface area is 101 Å². The van der Waals surface area contributed by atoms with Crippen LogP contribution in [-0.2, 0) is 0 Å². The Balaban J connectivity index is 2.24. The number of carbonyl (C=O) groups is 1. The number of ether oxygens (including phenoxy) is 1. The summed E-state index contributed by atoms with van der Waals surface area (Å²) in [5.41, 5.74) is 2.68. The molecule has 0 heterocycles. The van der Waals surface area contributed by atoms with E-state index in [2.05, 4.69) is 0 Å². The summed E-state index contributed by atoms with van der Waals surface area (Å²) in [6.45, 7) is 3.91. The van der Waals surface area contributed by atoms with Crippen LogP contribution in [0.1, 0.15) is 21.5 Å². The molecule has 2 rings (SSSR count). The highest BCUT2D eigenvalue weighted by Gasteiger charge is 2.12. The molecule has 0 aromatic heterocycles. The molecule has 2 heteroatoms. The van der Waals surface area contributed by atoms with Gasteiger partial charge in [0.05, 0.1) is 5.56 Å². The van der Waals surface area contributed by atoms with E-state index in [-0.39, 0.29) is 5.97 Å². The molecule has 0 fully saturated rings. The summed E-state index contributed by atoms with van der Waals surface area (Å²) in [7, 11) is 0. The van der Waals surface area contributed by atoms with Crippen LogP contribution in [0, 0.1) is 13.8 Å². The molecule has 86 valence electrons. The van der Waals surface area contributed by atoms with Crippen molar-refractivity contribution in [3.05, 3.63) is 65.2 Å². The number of hydrogen-bond acceptors (Lipinski definition) is 2. The predicted molar refractivity (Wildman–Crippen MR) is 67.3 cm³/mol. The molecule has 0 aliphatic heterocycles. The van der Waals surface area contributed by atoms with Gasteiger partial charge in [-0.2, -0.15) is 0 Å². The highest BCUT2D eigenvalue weighted by atomic mass is 16.5. The van der Waals surface area contributed by atoms with Gasteiger partial charge in [0.1, 0.15) is 5.75 Å². The molecule has 0 N–H and O–H groups in total. The third-order valence-electron chi connectivity index (χ3n) is 2.78. The van der Waals surface area contributed by atoms with Crippen LogP contribution < -0.4 is 4.74 Å². The Morgan fingerprint density at radius 2 is 1.65 bits per heavy atom. The standard InChI is InChI=1S/C15H14O2/c1-11-7-6-10-14(12(11)2)15(16)17-13-8-4-3-5-9-13/h3-10H,1-2H3. The maximum atomic E-state index is 12.0. The Morgan fingerprint density at radius 3 is 2.35 bits per heavy atom. The van der Waals surface area contributed by atoms with E-state index in [9.17, 15) is 4.79 Å². The minimum absolute atomic E-state index is 0.308. The lowest BCUT2D eigenvalue weighted by Gasteiger charge is -2.08. The van der Waals surface area contributed by atoms with Gasteiger partial charge in [0, 0.05) is 0 Å². The van der Waals surface area contributed by atoms with Crippen LogP contribution in [0.15, 0.2) is 48.5 Å². The van der Waals surface area contributed by atoms with Gasteiger partial charge in [-0.05, 0) is 43.2 Å². The highest BCUT2D eigenvalue weighted by Crippen LogP contribution is 2.16. The normalized spacial score (nSPS) is 10.0. The highest BCUT2D eigenvalue weighted by molar-refractivity contribution is 5.92. The molecule has 0 atom stereocenters. The molecule has 0 saturated heterocycles. The maximum absolute atomic E-state index is 12.0. The van der Waals surface area contributed by atoms with Crippen LogP contribution in [0.25, 0.3) is 0 Å². The minimum Gasteiger partial charge on any atom is -0.423 e. The topological polar surface area (TPSA) is 26.3 Å². The smallest absolute Gasteiger partial charge is 0.343 e. The second-order valence-electron chi connectivity index (χ2n) is 3.95. The van der Waals surface area contributed by atoms with Crippen molar-refractivity contribution < 1.29 is 9.53 Å². The number of benzene rings is 2. The summed E-state index contributed by atoms with van der Waals surface area (Å²) in [4.78, 5) is 12.0. The minimum atomic E-state index is -0.308. The molecule has 0 saturated carbocycles. The molecule has 2 nitrogen and oxygen atoms in total. The fourth-order valence-corrected chi connectivity index (χ4v) is 1.62. The van der Waals surface area contributed by atoms with Crippen molar-refractivity contribution in [2.75, 3.05) is 0 Å². The van der Waals surface area contributed by atoms with Crippen LogP contribution in [0.5, 0.6) is 5.75 Å². The SMILES string of the molecule is Cc1cccc(C(=O)Oc2ccccc2)c1C. The van der Waals surface area contributed by atoms with E-state index < -0.39 is 0 Å². The van der Waals surface area contributed by atoms with Gasteiger partial charge in [0.15, 0.2) is 0 Å². The second kappa shape index (κ2) is 4.83. The largest absolute Gasteiger partial charge is 0.423 e. The van der Waals surface area contributed by atoms with Gasteiger partial charge >= 0.3 is 5.97 Å². The van der Waals surface area contributed by atoms with Gasteiger partial charge in [-0.1, -0.05) is 30.3 Å². The molecule has 0 radical (unpaired) electrons. The second-order valence-corrected chi connectivity index (χ2v) is 3.95. The van der Waals surface area contributed by atoms with Crippen molar-refractivity contribution in [2.24, 2.45) is 0 Å². The van der Waals surface area contributed by atoms with Crippen molar-refractivity contribution >= 4 is 5.97 Å². The first-order chi connectivity index (χ1) is 8.18. The average molecular weight is 226 g/mol. The lowest BCUT2D eigenvalue weighted by atomic mass is 10.0. The van der Waals surface area contributed by atoms with Gasteiger partial charge < -0.3 is 4.74 Å². The zero-order valence-electron chi connectivity index (χ0n) is 9.94. The maximum Gasteiger partial charge on any atom is 0.343 e. The van der Waals surface area contributed by atoms with Gasteiger partial charge in [0.2, 0.25) is 0 Å². The Morgan fingerprint density at radius 1 is 0.941 bits per heavy atom. The Kier molecular flexibility index (Phi) is 3.24. The average Bonchev–Trinajstić information content (AvgIpc) is 2.34. The molecule has 2 aromatic rings. The number of carbonyl (C=O) groups excluding carboxylic acids is 1. The molecule has 0 aliphatic rings. The lowest BCUT2D eigenvalue weighted by Crippen LogP contribution is -2.10. The van der Waals surface area contributed by atoms with Crippen molar-refractivity contribution in [1.82, 2.24) is 0 Å². The van der Waals surface area contributed by atoms with Gasteiger partial charge in [-0.3, -0.25) is 0 Å². The summed E-state index contributed by atoms with van der Waals surface area (Å²) >= 11 is 0. The van der Waals surface area contributed by atoms with Crippen molar-refractivity contribution in [3.8, 4) is 5.75 Å². The zero-order valence-corrected chi connectivity index (χ0v) is 9.94. The molecule has 0 unspecified atom stereocenters. The van der Waals surface area contributed by atoms with Crippen molar-refractivity contribution in [3.63, 3.8) is 0 Å². The van der Waals surface area contributed by atoms with E-state index in [1.54, 1.807) is 18.2 Å². The van der Waals surface area contributed by atoms with E-state index in [4.69, 9.17) is 4.74 Å². The molecule has 17 heavy (non-hydrogen) atoms. The Bertz CT molecular complexity index is 530. The first-order valence-electron chi connectivity index (χ1n) is 5.52. The van der Waals surface area contributed by atoms with Crippen LogP contribution in [-0.4, -0.2) is 5.97 Å². The molecule has 0 spiro atoms. The van der Waals surface area contributed by atoms with E-state index in [0.29, 0.717) is 11.3 Å². The number of rotatable bonds is 2. The van der Waals surface area contributed by atoms with Gasteiger partial charge in [-0.25, -0.2) is 4.79 Å². The zero-order chi connectivity index (χ0) is 12.3. The van der Waals surface area contributed by atoms with E-state index >= 15 is 0 Å². The summed E-state index contributed by atoms with van der Waals surface area (Å²) in [5.74, 6) is 0.260. The molecule has 0 amide bonds. The predicted octanol–water partition coefficient (Wildman–Crippen LogP) is 3.52. The molecule has 2 aromatic carbocycles. The van der Waals surface area contributed by atoms with Crippen LogP contribution >= 0.6 is 0 Å². The van der Waals surface area contributed by atoms with E-state index in [1.807, 2.05) is 44.2 Å². The van der Waals surface area contributed by atoms with Crippen molar-refractivity contribution in [2.45, 2.75) is 13.8 Å². The van der Waals surface area contributed by atoms with Gasteiger partial charge in [0.25, 0.3) is 0 Å². The molecule has 0 aliphatic carbocycles. The van der Waals surface area contributed by atoms with Crippen LogP contribution in [0.3, 0.4) is 0 Å². The number of hydrogen-bond donors (Lipinski definition) is 0. The summed E-state index contributed by atoms with van der Waals surface area (Å²) < 4.78 is 5.30. The summed E-state index contributed by atoms with van der Waals surface area (Å²) in [6, 6.07) is 14.7.